The second kappa shape index (κ2) is 6.78. The lowest BCUT2D eigenvalue weighted by molar-refractivity contribution is 0.0679. The van der Waals surface area contributed by atoms with Gasteiger partial charge in [0.05, 0.1) is 5.56 Å². The standard InChI is InChI=1S/C20H21NO2/c1-15-8-7-13-21(14-15)20(23)18-12-6-5-11-17(18)19(22)16-9-3-2-4-10-16/h2-6,9-12,15H,7-8,13-14H2,1H3. The topological polar surface area (TPSA) is 37.4 Å². The van der Waals surface area contributed by atoms with E-state index in [1.807, 2.05) is 35.2 Å². The molecule has 0 N–H and O–H groups in total. The highest BCUT2D eigenvalue weighted by atomic mass is 16.2. The maximum Gasteiger partial charge on any atom is 0.254 e. The molecule has 3 rings (SSSR count). The smallest absolute Gasteiger partial charge is 0.254 e. The van der Waals surface area contributed by atoms with E-state index < -0.39 is 0 Å². The summed E-state index contributed by atoms with van der Waals surface area (Å²) in [5.41, 5.74) is 1.61. The summed E-state index contributed by atoms with van der Waals surface area (Å²) in [6.07, 6.45) is 2.19. The van der Waals surface area contributed by atoms with E-state index in [-0.39, 0.29) is 11.7 Å². The van der Waals surface area contributed by atoms with Crippen LogP contribution >= 0.6 is 0 Å². The quantitative estimate of drug-likeness (QED) is 0.809. The molecule has 3 heteroatoms. The molecular weight excluding hydrogens is 286 g/mol. The lowest BCUT2D eigenvalue weighted by Crippen LogP contribution is -2.39. The summed E-state index contributed by atoms with van der Waals surface area (Å²) < 4.78 is 0. The number of carbonyl (C=O) groups excluding carboxylic acids is 2. The Morgan fingerprint density at radius 1 is 0.957 bits per heavy atom. The van der Waals surface area contributed by atoms with Crippen LogP contribution < -0.4 is 0 Å². The van der Waals surface area contributed by atoms with Crippen molar-refractivity contribution in [3.63, 3.8) is 0 Å². The van der Waals surface area contributed by atoms with Crippen LogP contribution in [0.1, 0.15) is 46.0 Å². The third-order valence-electron chi connectivity index (χ3n) is 4.38. The zero-order valence-corrected chi connectivity index (χ0v) is 13.4. The highest BCUT2D eigenvalue weighted by molar-refractivity contribution is 6.15. The Labute approximate surface area is 136 Å². The molecule has 1 aliphatic rings. The van der Waals surface area contributed by atoms with Crippen molar-refractivity contribution in [3.8, 4) is 0 Å². The molecule has 1 amide bonds. The summed E-state index contributed by atoms with van der Waals surface area (Å²) in [6, 6.07) is 16.3. The normalized spacial score (nSPS) is 17.8. The van der Waals surface area contributed by atoms with Crippen LogP contribution in [-0.2, 0) is 0 Å². The lowest BCUT2D eigenvalue weighted by atomic mass is 9.95. The van der Waals surface area contributed by atoms with Crippen LogP contribution in [0.3, 0.4) is 0 Å². The highest BCUT2D eigenvalue weighted by Gasteiger charge is 2.25. The van der Waals surface area contributed by atoms with E-state index in [2.05, 4.69) is 6.92 Å². The van der Waals surface area contributed by atoms with E-state index in [1.165, 1.54) is 0 Å². The molecule has 1 unspecified atom stereocenters. The predicted octanol–water partition coefficient (Wildman–Crippen LogP) is 3.79. The van der Waals surface area contributed by atoms with Crippen LogP contribution in [0, 0.1) is 5.92 Å². The molecule has 3 nitrogen and oxygen atoms in total. The summed E-state index contributed by atoms with van der Waals surface area (Å²) in [4.78, 5) is 27.5. The molecule has 0 saturated carbocycles. The lowest BCUT2D eigenvalue weighted by Gasteiger charge is -2.31. The number of ketones is 1. The Kier molecular flexibility index (Phi) is 4.56. The fourth-order valence-corrected chi connectivity index (χ4v) is 3.16. The average molecular weight is 307 g/mol. The highest BCUT2D eigenvalue weighted by Crippen LogP contribution is 2.21. The number of hydrogen-bond acceptors (Lipinski definition) is 2. The largest absolute Gasteiger partial charge is 0.338 e. The van der Waals surface area contributed by atoms with Crippen molar-refractivity contribution in [2.24, 2.45) is 5.92 Å². The van der Waals surface area contributed by atoms with Crippen LogP contribution in [0.5, 0.6) is 0 Å². The molecular formula is C20H21NO2. The van der Waals surface area contributed by atoms with Crippen LogP contribution in [0.15, 0.2) is 54.6 Å². The van der Waals surface area contributed by atoms with Gasteiger partial charge in [0.15, 0.2) is 5.78 Å². The number of nitrogens with zero attached hydrogens (tertiary/aromatic N) is 1. The van der Waals surface area contributed by atoms with Crippen molar-refractivity contribution in [1.29, 1.82) is 0 Å². The molecule has 0 aliphatic carbocycles. The van der Waals surface area contributed by atoms with Gasteiger partial charge in [0.25, 0.3) is 5.91 Å². The number of carbonyl (C=O) groups is 2. The van der Waals surface area contributed by atoms with Gasteiger partial charge in [0.1, 0.15) is 0 Å². The second-order valence-electron chi connectivity index (χ2n) is 6.24. The summed E-state index contributed by atoms with van der Waals surface area (Å²) in [6.45, 7) is 3.71. The molecule has 1 heterocycles. The minimum Gasteiger partial charge on any atom is -0.338 e. The number of amides is 1. The molecule has 1 aliphatic heterocycles. The van der Waals surface area contributed by atoms with Gasteiger partial charge < -0.3 is 4.90 Å². The number of piperidine rings is 1. The number of benzene rings is 2. The first-order valence-corrected chi connectivity index (χ1v) is 8.15. The van der Waals surface area contributed by atoms with Gasteiger partial charge in [0.2, 0.25) is 0 Å². The van der Waals surface area contributed by atoms with Crippen molar-refractivity contribution in [3.05, 3.63) is 71.3 Å². The second-order valence-corrected chi connectivity index (χ2v) is 6.24. The molecule has 2 aromatic carbocycles. The van der Waals surface area contributed by atoms with Crippen LogP contribution in [0.25, 0.3) is 0 Å². The molecule has 0 radical (unpaired) electrons. The van der Waals surface area contributed by atoms with E-state index >= 15 is 0 Å². The van der Waals surface area contributed by atoms with Crippen LogP contribution in [0.4, 0.5) is 0 Å². The third-order valence-corrected chi connectivity index (χ3v) is 4.38. The van der Waals surface area contributed by atoms with Gasteiger partial charge in [-0.3, -0.25) is 9.59 Å². The first-order chi connectivity index (χ1) is 11.2. The van der Waals surface area contributed by atoms with Gasteiger partial charge in [-0.2, -0.15) is 0 Å². The van der Waals surface area contributed by atoms with E-state index in [0.717, 1.165) is 25.9 Å². The van der Waals surface area contributed by atoms with Gasteiger partial charge in [-0.05, 0) is 24.8 Å². The van der Waals surface area contributed by atoms with Gasteiger partial charge in [0, 0.05) is 24.2 Å². The fourth-order valence-electron chi connectivity index (χ4n) is 3.16. The fraction of sp³-hybridized carbons (Fsp3) is 0.300. The third kappa shape index (κ3) is 3.34. The van der Waals surface area contributed by atoms with Crippen LogP contribution in [-0.4, -0.2) is 29.7 Å². The molecule has 1 fully saturated rings. The van der Waals surface area contributed by atoms with E-state index in [1.54, 1.807) is 24.3 Å². The van der Waals surface area contributed by atoms with E-state index in [9.17, 15) is 9.59 Å². The monoisotopic (exact) mass is 307 g/mol. The molecule has 1 atom stereocenters. The Morgan fingerprint density at radius 3 is 2.30 bits per heavy atom. The van der Waals surface area contributed by atoms with Crippen molar-refractivity contribution in [2.75, 3.05) is 13.1 Å². The average Bonchev–Trinajstić information content (AvgIpc) is 2.61. The molecule has 1 saturated heterocycles. The molecule has 2 aromatic rings. The SMILES string of the molecule is CC1CCCN(C(=O)c2ccccc2C(=O)c2ccccc2)C1. The van der Waals surface area contributed by atoms with E-state index in [4.69, 9.17) is 0 Å². The number of likely N-dealkylation sites (tertiary alicyclic amines) is 1. The molecule has 23 heavy (non-hydrogen) atoms. The molecule has 0 spiro atoms. The number of hydrogen-bond donors (Lipinski definition) is 0. The minimum absolute atomic E-state index is 0.0311. The van der Waals surface area contributed by atoms with Crippen molar-refractivity contribution < 1.29 is 9.59 Å². The van der Waals surface area contributed by atoms with Crippen LogP contribution in [0.2, 0.25) is 0 Å². The summed E-state index contributed by atoms with van der Waals surface area (Å²) in [5, 5.41) is 0. The van der Waals surface area contributed by atoms with Gasteiger partial charge in [-0.25, -0.2) is 0 Å². The summed E-state index contributed by atoms with van der Waals surface area (Å²) in [5.74, 6) is 0.390. The van der Waals surface area contributed by atoms with Crippen molar-refractivity contribution >= 4 is 11.7 Å². The molecule has 0 aromatic heterocycles. The van der Waals surface area contributed by atoms with E-state index in [0.29, 0.717) is 22.6 Å². The van der Waals surface area contributed by atoms with Gasteiger partial charge in [-0.1, -0.05) is 55.5 Å². The van der Waals surface area contributed by atoms with Crippen molar-refractivity contribution in [2.45, 2.75) is 19.8 Å². The number of rotatable bonds is 3. The zero-order chi connectivity index (χ0) is 16.2. The molecule has 118 valence electrons. The maximum absolute atomic E-state index is 12.9. The Morgan fingerprint density at radius 2 is 1.61 bits per heavy atom. The first kappa shape index (κ1) is 15.5. The maximum atomic E-state index is 12.9. The summed E-state index contributed by atoms with van der Waals surface area (Å²) >= 11 is 0. The minimum atomic E-state index is -0.0976. The van der Waals surface area contributed by atoms with Crippen molar-refractivity contribution in [1.82, 2.24) is 4.90 Å². The Balaban J connectivity index is 1.92. The predicted molar refractivity (Wildman–Crippen MR) is 90.6 cm³/mol. The Bertz CT molecular complexity index is 709. The Hall–Kier alpha value is -2.42. The first-order valence-electron chi connectivity index (χ1n) is 8.15. The van der Waals surface area contributed by atoms with Gasteiger partial charge >= 0.3 is 0 Å². The zero-order valence-electron chi connectivity index (χ0n) is 13.4. The van der Waals surface area contributed by atoms with Gasteiger partial charge in [-0.15, -0.1) is 0 Å². The summed E-state index contributed by atoms with van der Waals surface area (Å²) in [7, 11) is 0. The molecule has 0 bridgehead atoms.